The Morgan fingerprint density at radius 3 is 2.68 bits per heavy atom. The molecule has 0 radical (unpaired) electrons. The Morgan fingerprint density at radius 1 is 1.47 bits per heavy atom. The maximum Gasteiger partial charge on any atom is 0.253 e. The highest BCUT2D eigenvalue weighted by Gasteiger charge is 2.15. The quantitative estimate of drug-likeness (QED) is 0.765. The monoisotopic (exact) mass is 286 g/mol. The van der Waals surface area contributed by atoms with E-state index in [0.29, 0.717) is 16.9 Å². The van der Waals surface area contributed by atoms with E-state index in [9.17, 15) is 13.2 Å². The summed E-state index contributed by atoms with van der Waals surface area (Å²) in [6, 6.07) is 1.51. The molecule has 3 N–H and O–H groups in total. The zero-order valence-electron chi connectivity index (χ0n) is 11.2. The van der Waals surface area contributed by atoms with Crippen LogP contribution >= 0.6 is 0 Å². The van der Waals surface area contributed by atoms with Crippen LogP contribution in [0.15, 0.2) is 12.3 Å². The number of pyridine rings is 1. The van der Waals surface area contributed by atoms with Crippen LogP contribution in [0, 0.1) is 6.92 Å². The molecule has 0 atom stereocenters. The van der Waals surface area contributed by atoms with Gasteiger partial charge in [-0.05, 0) is 13.0 Å². The molecule has 0 aliphatic heterocycles. The van der Waals surface area contributed by atoms with E-state index in [0.717, 1.165) is 4.31 Å². The first kappa shape index (κ1) is 15.4. The molecule has 106 valence electrons. The van der Waals surface area contributed by atoms with E-state index < -0.39 is 10.0 Å². The van der Waals surface area contributed by atoms with Crippen LogP contribution in [-0.2, 0) is 10.0 Å². The number of nitrogens with zero attached hydrogens (tertiary/aromatic N) is 2. The molecule has 0 bridgehead atoms. The number of rotatable bonds is 5. The summed E-state index contributed by atoms with van der Waals surface area (Å²) in [4.78, 5) is 15.8. The molecule has 0 saturated heterocycles. The zero-order chi connectivity index (χ0) is 14.6. The molecular weight excluding hydrogens is 268 g/mol. The first-order valence-electron chi connectivity index (χ1n) is 5.64. The van der Waals surface area contributed by atoms with Crippen LogP contribution < -0.4 is 11.1 Å². The summed E-state index contributed by atoms with van der Waals surface area (Å²) < 4.78 is 24.1. The Labute approximate surface area is 112 Å². The van der Waals surface area contributed by atoms with Gasteiger partial charge in [0.1, 0.15) is 0 Å². The molecule has 1 aromatic heterocycles. The molecule has 0 saturated carbocycles. The lowest BCUT2D eigenvalue weighted by Gasteiger charge is -2.12. The Kier molecular flexibility index (Phi) is 4.84. The van der Waals surface area contributed by atoms with Gasteiger partial charge in [0, 0.05) is 20.6 Å². The molecule has 0 aliphatic rings. The van der Waals surface area contributed by atoms with Gasteiger partial charge in [0.2, 0.25) is 10.0 Å². The van der Waals surface area contributed by atoms with E-state index in [1.165, 1.54) is 26.4 Å². The molecule has 0 aromatic carbocycles. The predicted molar refractivity (Wildman–Crippen MR) is 73.2 cm³/mol. The average molecular weight is 286 g/mol. The third-order valence-corrected chi connectivity index (χ3v) is 4.39. The number of nitrogens with one attached hydrogen (secondary N) is 1. The number of hydrogen-bond acceptors (Lipinski definition) is 5. The first-order chi connectivity index (χ1) is 8.74. The minimum Gasteiger partial charge on any atom is -0.397 e. The number of sulfonamides is 1. The van der Waals surface area contributed by atoms with E-state index in [2.05, 4.69) is 10.3 Å². The highest BCUT2D eigenvalue weighted by molar-refractivity contribution is 7.89. The molecule has 0 fully saturated rings. The Bertz CT molecular complexity index is 569. The van der Waals surface area contributed by atoms with Crippen LogP contribution in [0.5, 0.6) is 0 Å². The lowest BCUT2D eigenvalue weighted by Crippen LogP contribution is -2.34. The molecule has 1 aromatic rings. The summed E-state index contributed by atoms with van der Waals surface area (Å²) in [5.74, 6) is -0.535. The molecule has 1 amide bonds. The van der Waals surface area contributed by atoms with Gasteiger partial charge in [0.15, 0.2) is 0 Å². The lowest BCUT2D eigenvalue weighted by molar-refractivity contribution is 0.0955. The number of hydrogen-bond donors (Lipinski definition) is 2. The number of carbonyl (C=O) groups is 1. The first-order valence-corrected chi connectivity index (χ1v) is 7.25. The summed E-state index contributed by atoms with van der Waals surface area (Å²) >= 11 is 0. The third kappa shape index (κ3) is 4.18. The Morgan fingerprint density at radius 2 is 2.11 bits per heavy atom. The van der Waals surface area contributed by atoms with Gasteiger partial charge in [-0.2, -0.15) is 0 Å². The largest absolute Gasteiger partial charge is 0.397 e. The average Bonchev–Trinajstić information content (AvgIpc) is 2.31. The molecule has 19 heavy (non-hydrogen) atoms. The second kappa shape index (κ2) is 5.98. The minimum absolute atomic E-state index is 0.0353. The number of carbonyl (C=O) groups excluding carboxylic acids is 1. The third-order valence-electron chi connectivity index (χ3n) is 2.55. The van der Waals surface area contributed by atoms with Crippen LogP contribution in [0.25, 0.3) is 0 Å². The summed E-state index contributed by atoms with van der Waals surface area (Å²) in [5, 5.41) is 2.54. The van der Waals surface area contributed by atoms with Crippen molar-refractivity contribution in [1.82, 2.24) is 14.6 Å². The molecular formula is C11H18N4O3S. The second-order valence-electron chi connectivity index (χ2n) is 4.26. The summed E-state index contributed by atoms with van der Waals surface area (Å²) in [6.45, 7) is 1.72. The van der Waals surface area contributed by atoms with Crippen molar-refractivity contribution in [2.75, 3.05) is 32.1 Å². The van der Waals surface area contributed by atoms with Crippen molar-refractivity contribution in [3.05, 3.63) is 23.5 Å². The normalized spacial score (nSPS) is 11.6. The van der Waals surface area contributed by atoms with Gasteiger partial charge in [0.05, 0.1) is 28.9 Å². The summed E-state index contributed by atoms with van der Waals surface area (Å²) in [5.41, 5.74) is 6.84. The van der Waals surface area contributed by atoms with E-state index in [-0.39, 0.29) is 18.2 Å². The van der Waals surface area contributed by atoms with Crippen molar-refractivity contribution >= 4 is 21.6 Å². The van der Waals surface area contributed by atoms with Crippen LogP contribution in [-0.4, -0.2) is 50.0 Å². The summed E-state index contributed by atoms with van der Waals surface area (Å²) in [6.07, 6.45) is 1.46. The minimum atomic E-state index is -3.32. The molecule has 7 nitrogen and oxygen atoms in total. The number of amides is 1. The smallest absolute Gasteiger partial charge is 0.253 e. The van der Waals surface area contributed by atoms with Gasteiger partial charge in [-0.15, -0.1) is 0 Å². The number of anilines is 1. The van der Waals surface area contributed by atoms with Gasteiger partial charge in [-0.3, -0.25) is 9.78 Å². The van der Waals surface area contributed by atoms with Crippen molar-refractivity contribution in [3.8, 4) is 0 Å². The van der Waals surface area contributed by atoms with Crippen molar-refractivity contribution in [2.45, 2.75) is 6.92 Å². The van der Waals surface area contributed by atoms with Crippen molar-refractivity contribution < 1.29 is 13.2 Å². The molecule has 8 heteroatoms. The topological polar surface area (TPSA) is 105 Å². The molecule has 1 heterocycles. The van der Waals surface area contributed by atoms with Crippen LogP contribution in [0.4, 0.5) is 5.69 Å². The Balaban J connectivity index is 2.64. The van der Waals surface area contributed by atoms with Crippen molar-refractivity contribution in [3.63, 3.8) is 0 Å². The predicted octanol–water partition coefficient (Wildman–Crippen LogP) is -0.407. The van der Waals surface area contributed by atoms with Crippen LogP contribution in [0.1, 0.15) is 16.1 Å². The van der Waals surface area contributed by atoms with Gasteiger partial charge < -0.3 is 11.1 Å². The van der Waals surface area contributed by atoms with E-state index >= 15 is 0 Å². The molecule has 1 rings (SSSR count). The van der Waals surface area contributed by atoms with E-state index in [1.54, 1.807) is 6.92 Å². The van der Waals surface area contributed by atoms with Gasteiger partial charge in [0.25, 0.3) is 5.91 Å². The van der Waals surface area contributed by atoms with Crippen molar-refractivity contribution in [1.29, 1.82) is 0 Å². The standard InChI is InChI=1S/C11H18N4O3S/c1-8-10(6-9(12)7-14-8)11(16)13-4-5-19(17,18)15(2)3/h6-7H,4-5,12H2,1-3H3,(H,13,16). The molecule has 0 spiro atoms. The number of nitrogen functional groups attached to an aromatic ring is 1. The van der Waals surface area contributed by atoms with Gasteiger partial charge >= 0.3 is 0 Å². The molecule has 0 unspecified atom stereocenters. The maximum atomic E-state index is 11.9. The summed E-state index contributed by atoms with van der Waals surface area (Å²) in [7, 11) is -0.421. The van der Waals surface area contributed by atoms with Crippen LogP contribution in [0.2, 0.25) is 0 Å². The fourth-order valence-corrected chi connectivity index (χ4v) is 2.08. The lowest BCUT2D eigenvalue weighted by atomic mass is 10.2. The highest BCUT2D eigenvalue weighted by atomic mass is 32.2. The fraction of sp³-hybridized carbons (Fsp3) is 0.455. The van der Waals surface area contributed by atoms with E-state index in [1.807, 2.05) is 0 Å². The second-order valence-corrected chi connectivity index (χ2v) is 6.56. The Hall–Kier alpha value is -1.67. The van der Waals surface area contributed by atoms with Crippen molar-refractivity contribution in [2.24, 2.45) is 0 Å². The van der Waals surface area contributed by atoms with Crippen LogP contribution in [0.3, 0.4) is 0 Å². The highest BCUT2D eigenvalue weighted by Crippen LogP contribution is 2.09. The maximum absolute atomic E-state index is 11.9. The number of nitrogens with two attached hydrogens (primary N) is 1. The fourth-order valence-electron chi connectivity index (χ4n) is 1.35. The molecule has 0 aliphatic carbocycles. The number of aromatic nitrogens is 1. The van der Waals surface area contributed by atoms with Gasteiger partial charge in [-0.1, -0.05) is 0 Å². The number of aryl methyl sites for hydroxylation is 1. The van der Waals surface area contributed by atoms with E-state index in [4.69, 9.17) is 5.73 Å². The van der Waals surface area contributed by atoms with Gasteiger partial charge in [-0.25, -0.2) is 12.7 Å². The SMILES string of the molecule is Cc1ncc(N)cc1C(=O)NCCS(=O)(=O)N(C)C. The zero-order valence-corrected chi connectivity index (χ0v) is 12.0.